The van der Waals surface area contributed by atoms with Crippen LogP contribution in [0.25, 0.3) is 22.2 Å². The van der Waals surface area contributed by atoms with E-state index in [0.717, 1.165) is 16.6 Å². The summed E-state index contributed by atoms with van der Waals surface area (Å²) in [5, 5.41) is 5.85. The molecule has 1 heterocycles. The van der Waals surface area contributed by atoms with E-state index in [1.54, 1.807) is 0 Å². The molecule has 150 valence electrons. The van der Waals surface area contributed by atoms with Crippen LogP contribution in [0.15, 0.2) is 115 Å². The Morgan fingerprint density at radius 2 is 1.23 bits per heavy atom. The molecule has 1 aromatic heterocycles. The predicted octanol–water partition coefficient (Wildman–Crippen LogP) is 6.48. The number of benzene rings is 4. The number of fused-ring (bicyclic) bond motifs is 1. The van der Waals surface area contributed by atoms with E-state index in [2.05, 4.69) is 104 Å². The van der Waals surface area contributed by atoms with Gasteiger partial charge in [-0.2, -0.15) is 0 Å². The van der Waals surface area contributed by atoms with Crippen LogP contribution < -0.4 is 15.9 Å². The fraction of sp³-hybridized carbons (Fsp3) is 0.0357. The highest BCUT2D eigenvalue weighted by atomic mass is 35.5. The molecule has 0 atom stereocenters. The summed E-state index contributed by atoms with van der Waals surface area (Å²) in [5.74, 6) is 0. The van der Waals surface area contributed by atoms with Crippen molar-refractivity contribution in [3.63, 3.8) is 0 Å². The summed E-state index contributed by atoms with van der Waals surface area (Å²) in [6.07, 6.45) is 0. The van der Waals surface area contributed by atoms with Gasteiger partial charge >= 0.3 is 0 Å². The number of hydrogen-bond acceptors (Lipinski definition) is 1. The molecule has 0 bridgehead atoms. The Labute approximate surface area is 188 Å². The summed E-state index contributed by atoms with van der Waals surface area (Å²) < 4.78 is 0. The molecule has 5 rings (SSSR count). The third-order valence-corrected chi connectivity index (χ3v) is 10.1. The van der Waals surface area contributed by atoms with Crippen molar-refractivity contribution in [1.29, 1.82) is 0 Å². The zero-order valence-electron chi connectivity index (χ0n) is 17.2. The number of halogens is 1. The molecular formula is C28H22ClNP+. The molecule has 5 aromatic rings. The van der Waals surface area contributed by atoms with Gasteiger partial charge in [0.1, 0.15) is 23.2 Å². The van der Waals surface area contributed by atoms with Crippen LogP contribution in [0.1, 0.15) is 0 Å². The van der Waals surface area contributed by atoms with Crippen LogP contribution in [-0.2, 0) is 0 Å². The Hall–Kier alpha value is -2.99. The summed E-state index contributed by atoms with van der Waals surface area (Å²) in [5.41, 5.74) is 3.07. The van der Waals surface area contributed by atoms with E-state index >= 15 is 0 Å². The van der Waals surface area contributed by atoms with Gasteiger partial charge in [0.05, 0.1) is 17.9 Å². The molecule has 0 fully saturated rings. The number of hydrogen-bond donors (Lipinski definition) is 0. The van der Waals surface area contributed by atoms with Gasteiger partial charge in [-0.3, -0.25) is 0 Å². The summed E-state index contributed by atoms with van der Waals surface area (Å²) in [7, 11) is -1.87. The van der Waals surface area contributed by atoms with E-state index in [-0.39, 0.29) is 0 Å². The van der Waals surface area contributed by atoms with Crippen LogP contribution in [0.3, 0.4) is 0 Å². The average Bonchev–Trinajstić information content (AvgIpc) is 2.84. The SMILES string of the molecule is C[P+](c1ccccc1)(c1ccccc1)c1ccccc1-c1ccc2ccc(Cl)cc2n1. The zero-order chi connectivity index (χ0) is 21.3. The smallest absolute Gasteiger partial charge is 0.113 e. The van der Waals surface area contributed by atoms with E-state index in [4.69, 9.17) is 16.6 Å². The topological polar surface area (TPSA) is 12.9 Å². The maximum absolute atomic E-state index is 6.25. The van der Waals surface area contributed by atoms with Gasteiger partial charge in [0.2, 0.25) is 0 Å². The Kier molecular flexibility index (Phi) is 5.32. The van der Waals surface area contributed by atoms with Gasteiger partial charge in [0, 0.05) is 16.0 Å². The summed E-state index contributed by atoms with van der Waals surface area (Å²) in [6, 6.07) is 40.5. The first-order valence-electron chi connectivity index (χ1n) is 10.3. The van der Waals surface area contributed by atoms with Crippen molar-refractivity contribution in [2.75, 3.05) is 6.66 Å². The molecule has 0 aliphatic carbocycles. The maximum atomic E-state index is 6.25. The second kappa shape index (κ2) is 8.27. The molecule has 0 radical (unpaired) electrons. The van der Waals surface area contributed by atoms with Gasteiger partial charge in [-0.1, -0.05) is 72.3 Å². The van der Waals surface area contributed by atoms with Crippen molar-refractivity contribution in [2.24, 2.45) is 0 Å². The van der Waals surface area contributed by atoms with Crippen LogP contribution in [0.5, 0.6) is 0 Å². The average molecular weight is 439 g/mol. The Bertz CT molecular complexity index is 1310. The molecule has 0 aliphatic heterocycles. The molecule has 0 unspecified atom stereocenters. The first-order chi connectivity index (χ1) is 15.2. The van der Waals surface area contributed by atoms with Crippen molar-refractivity contribution in [3.8, 4) is 11.3 Å². The molecule has 0 saturated carbocycles. The predicted molar refractivity (Wildman–Crippen MR) is 137 cm³/mol. The second-order valence-corrected chi connectivity index (χ2v) is 11.7. The lowest BCUT2D eigenvalue weighted by Gasteiger charge is -2.25. The number of pyridine rings is 1. The second-order valence-electron chi connectivity index (χ2n) is 7.73. The van der Waals surface area contributed by atoms with Crippen LogP contribution >= 0.6 is 18.9 Å². The van der Waals surface area contributed by atoms with Gasteiger partial charge in [-0.05, 0) is 54.6 Å². The van der Waals surface area contributed by atoms with E-state index in [1.807, 2.05) is 18.2 Å². The van der Waals surface area contributed by atoms with Crippen molar-refractivity contribution < 1.29 is 0 Å². The number of nitrogens with zero attached hydrogens (tertiary/aromatic N) is 1. The van der Waals surface area contributed by atoms with Crippen LogP contribution in [-0.4, -0.2) is 11.6 Å². The Balaban J connectivity index is 1.77. The zero-order valence-corrected chi connectivity index (χ0v) is 18.9. The quantitative estimate of drug-likeness (QED) is 0.293. The molecule has 0 amide bonds. The van der Waals surface area contributed by atoms with Crippen molar-refractivity contribution in [2.45, 2.75) is 0 Å². The lowest BCUT2D eigenvalue weighted by Crippen LogP contribution is -2.31. The highest BCUT2D eigenvalue weighted by molar-refractivity contribution is 7.95. The fourth-order valence-corrected chi connectivity index (χ4v) is 7.81. The molecule has 4 aromatic carbocycles. The highest BCUT2D eigenvalue weighted by Crippen LogP contribution is 2.53. The first kappa shape index (κ1) is 19.9. The molecular weight excluding hydrogens is 417 g/mol. The maximum Gasteiger partial charge on any atom is 0.113 e. The van der Waals surface area contributed by atoms with E-state index in [9.17, 15) is 0 Å². The van der Waals surface area contributed by atoms with E-state index in [0.29, 0.717) is 5.02 Å². The van der Waals surface area contributed by atoms with Gasteiger partial charge in [-0.25, -0.2) is 4.98 Å². The summed E-state index contributed by atoms with van der Waals surface area (Å²) >= 11 is 6.25. The van der Waals surface area contributed by atoms with Gasteiger partial charge in [0.25, 0.3) is 0 Å². The lowest BCUT2D eigenvalue weighted by molar-refractivity contribution is 1.41. The lowest BCUT2D eigenvalue weighted by atomic mass is 10.1. The standard InChI is InChI=1S/C28H22ClNP/c1-31(23-10-4-2-5-11-23,24-12-6-3-7-13-24)28-15-9-8-14-25(28)26-19-17-21-16-18-22(29)20-27(21)30-26/h2-20H,1H3/q+1. The molecule has 1 nitrogen and oxygen atoms in total. The minimum Gasteiger partial charge on any atom is -0.248 e. The molecule has 0 saturated heterocycles. The minimum atomic E-state index is -1.87. The molecule has 0 aliphatic rings. The van der Waals surface area contributed by atoms with Crippen LogP contribution in [0.4, 0.5) is 0 Å². The van der Waals surface area contributed by atoms with E-state index in [1.165, 1.54) is 21.5 Å². The minimum absolute atomic E-state index is 0.705. The fourth-order valence-electron chi connectivity index (χ4n) is 4.20. The van der Waals surface area contributed by atoms with Gasteiger partial charge in [-0.15, -0.1) is 0 Å². The summed E-state index contributed by atoms with van der Waals surface area (Å²) in [6.45, 7) is 2.41. The molecule has 3 heteroatoms. The van der Waals surface area contributed by atoms with Gasteiger partial charge in [0.15, 0.2) is 0 Å². The van der Waals surface area contributed by atoms with Crippen LogP contribution in [0, 0.1) is 0 Å². The molecule has 0 N–H and O–H groups in total. The molecule has 0 spiro atoms. The first-order valence-corrected chi connectivity index (χ1v) is 12.9. The molecule has 31 heavy (non-hydrogen) atoms. The third-order valence-electron chi connectivity index (χ3n) is 5.86. The van der Waals surface area contributed by atoms with Crippen molar-refractivity contribution >= 4 is 45.7 Å². The normalized spacial score (nSPS) is 11.5. The number of rotatable bonds is 4. The Morgan fingerprint density at radius 3 is 1.90 bits per heavy atom. The van der Waals surface area contributed by atoms with Crippen molar-refractivity contribution in [3.05, 3.63) is 120 Å². The highest BCUT2D eigenvalue weighted by Gasteiger charge is 2.42. The number of aromatic nitrogens is 1. The third kappa shape index (κ3) is 3.65. The summed E-state index contributed by atoms with van der Waals surface area (Å²) in [4.78, 5) is 5.00. The van der Waals surface area contributed by atoms with Crippen LogP contribution in [0.2, 0.25) is 5.02 Å². The van der Waals surface area contributed by atoms with Crippen molar-refractivity contribution in [1.82, 2.24) is 4.98 Å². The Morgan fingerprint density at radius 1 is 0.645 bits per heavy atom. The van der Waals surface area contributed by atoms with Gasteiger partial charge < -0.3 is 0 Å². The van der Waals surface area contributed by atoms with E-state index < -0.39 is 7.26 Å². The largest absolute Gasteiger partial charge is 0.248 e. The monoisotopic (exact) mass is 438 g/mol.